The Morgan fingerprint density at radius 2 is 1.46 bits per heavy atom. The van der Waals surface area contributed by atoms with Crippen molar-refractivity contribution in [3.8, 4) is 5.75 Å². The van der Waals surface area contributed by atoms with E-state index in [-0.39, 0.29) is 6.10 Å². The van der Waals surface area contributed by atoms with Gasteiger partial charge in [-0.3, -0.25) is 0 Å². The number of hydrogen-bond acceptors (Lipinski definition) is 2. The molecule has 0 aliphatic heterocycles. The number of nitrogens with zero attached hydrogens (tertiary/aromatic N) is 2. The number of para-hydroxylation sites is 3. The maximum Gasteiger partial charge on any atom is 0.153 e. The maximum absolute atomic E-state index is 6.17. The molecule has 1 heterocycles. The zero-order chi connectivity index (χ0) is 19.6. The number of hydrogen-bond donors (Lipinski definition) is 0. The first-order valence-corrected chi connectivity index (χ1v) is 11.0. The lowest BCUT2D eigenvalue weighted by Gasteiger charge is -2.17. The molecule has 1 unspecified atom stereocenters. The van der Waals surface area contributed by atoms with E-state index in [1.807, 2.05) is 30.3 Å². The van der Waals surface area contributed by atoms with Crippen LogP contribution in [0.4, 0.5) is 0 Å². The number of aromatic nitrogens is 2. The van der Waals surface area contributed by atoms with Crippen LogP contribution in [-0.2, 0) is 6.54 Å². The Hall–Kier alpha value is -2.29. The number of unbranched alkanes of at least 4 members (excludes halogenated alkanes) is 7. The largest absolute Gasteiger partial charge is 0.483 e. The Kier molecular flexibility index (Phi) is 7.95. The number of rotatable bonds is 12. The topological polar surface area (TPSA) is 27.1 Å². The summed E-state index contributed by atoms with van der Waals surface area (Å²) in [5.74, 6) is 1.91. The molecule has 0 saturated carbocycles. The van der Waals surface area contributed by atoms with Crippen molar-refractivity contribution in [1.29, 1.82) is 0 Å². The molecule has 3 heteroatoms. The summed E-state index contributed by atoms with van der Waals surface area (Å²) in [5, 5.41) is 0. The highest BCUT2D eigenvalue weighted by Gasteiger charge is 2.17. The Bertz CT molecular complexity index is 825. The summed E-state index contributed by atoms with van der Waals surface area (Å²) in [5.41, 5.74) is 2.27. The minimum absolute atomic E-state index is 0.0798. The van der Waals surface area contributed by atoms with Crippen LogP contribution in [0.2, 0.25) is 0 Å². The van der Waals surface area contributed by atoms with Gasteiger partial charge in [0.1, 0.15) is 5.75 Å². The van der Waals surface area contributed by atoms with Gasteiger partial charge in [-0.25, -0.2) is 4.98 Å². The summed E-state index contributed by atoms with van der Waals surface area (Å²) < 4.78 is 8.53. The highest BCUT2D eigenvalue weighted by molar-refractivity contribution is 5.76. The van der Waals surface area contributed by atoms with Gasteiger partial charge in [-0.2, -0.15) is 0 Å². The quantitative estimate of drug-likeness (QED) is 0.309. The van der Waals surface area contributed by atoms with E-state index in [9.17, 15) is 0 Å². The third-order valence-electron chi connectivity index (χ3n) is 5.34. The number of fused-ring (bicyclic) bond motifs is 1. The average Bonchev–Trinajstić information content (AvgIpc) is 3.09. The molecule has 0 saturated heterocycles. The van der Waals surface area contributed by atoms with Crippen molar-refractivity contribution in [2.75, 3.05) is 0 Å². The Balaban J connectivity index is 1.62. The van der Waals surface area contributed by atoms with Crippen molar-refractivity contribution < 1.29 is 4.74 Å². The molecule has 0 aliphatic rings. The van der Waals surface area contributed by atoms with Crippen LogP contribution in [0.3, 0.4) is 0 Å². The maximum atomic E-state index is 6.17. The first-order valence-electron chi connectivity index (χ1n) is 11.0. The highest BCUT2D eigenvalue weighted by Crippen LogP contribution is 2.25. The summed E-state index contributed by atoms with van der Waals surface area (Å²) in [6.07, 6.45) is 10.6. The van der Waals surface area contributed by atoms with E-state index in [1.165, 1.54) is 56.9 Å². The van der Waals surface area contributed by atoms with Crippen molar-refractivity contribution in [3.63, 3.8) is 0 Å². The van der Waals surface area contributed by atoms with Crippen molar-refractivity contribution in [1.82, 2.24) is 9.55 Å². The molecule has 150 valence electrons. The van der Waals surface area contributed by atoms with Crippen LogP contribution in [0.1, 0.15) is 77.1 Å². The van der Waals surface area contributed by atoms with E-state index in [2.05, 4.69) is 42.7 Å². The van der Waals surface area contributed by atoms with Gasteiger partial charge < -0.3 is 9.30 Å². The minimum Gasteiger partial charge on any atom is -0.483 e. The molecule has 0 bridgehead atoms. The minimum atomic E-state index is -0.0798. The molecule has 3 rings (SSSR count). The third kappa shape index (κ3) is 5.60. The Labute approximate surface area is 169 Å². The predicted molar refractivity (Wildman–Crippen MR) is 118 cm³/mol. The molecule has 1 atom stereocenters. The number of aryl methyl sites for hydroxylation is 1. The van der Waals surface area contributed by atoms with Gasteiger partial charge in [0.25, 0.3) is 0 Å². The molecule has 3 aromatic rings. The summed E-state index contributed by atoms with van der Waals surface area (Å²) in [6, 6.07) is 18.4. The van der Waals surface area contributed by atoms with Gasteiger partial charge in [-0.1, -0.05) is 82.2 Å². The fourth-order valence-corrected chi connectivity index (χ4v) is 3.80. The molecule has 0 aliphatic carbocycles. The number of ether oxygens (including phenoxy) is 1. The molecule has 0 spiro atoms. The highest BCUT2D eigenvalue weighted by atomic mass is 16.5. The molecule has 1 aromatic heterocycles. The van der Waals surface area contributed by atoms with Gasteiger partial charge >= 0.3 is 0 Å². The van der Waals surface area contributed by atoms with Crippen molar-refractivity contribution in [3.05, 3.63) is 60.4 Å². The standard InChI is InChI=1S/C25H34N2O/c1-3-4-5-6-7-8-9-15-20-27-24-19-14-13-18-23(24)26-25(27)21(2)28-22-16-11-10-12-17-22/h10-14,16-19,21H,3-9,15,20H2,1-2H3. The van der Waals surface area contributed by atoms with Crippen LogP contribution in [-0.4, -0.2) is 9.55 Å². The summed E-state index contributed by atoms with van der Waals surface area (Å²) in [7, 11) is 0. The molecule has 3 nitrogen and oxygen atoms in total. The molecule has 0 N–H and O–H groups in total. The first kappa shape index (κ1) is 20.4. The fourth-order valence-electron chi connectivity index (χ4n) is 3.80. The SMILES string of the molecule is CCCCCCCCCCn1c(C(C)Oc2ccccc2)nc2ccccc21. The van der Waals surface area contributed by atoms with Crippen molar-refractivity contribution >= 4 is 11.0 Å². The smallest absolute Gasteiger partial charge is 0.153 e. The third-order valence-corrected chi connectivity index (χ3v) is 5.34. The number of benzene rings is 2. The van der Waals surface area contributed by atoms with Gasteiger partial charge in [0.15, 0.2) is 11.9 Å². The zero-order valence-electron chi connectivity index (χ0n) is 17.4. The van der Waals surface area contributed by atoms with E-state index >= 15 is 0 Å². The molecular weight excluding hydrogens is 344 g/mol. The van der Waals surface area contributed by atoms with Crippen LogP contribution in [0.25, 0.3) is 11.0 Å². The van der Waals surface area contributed by atoms with E-state index < -0.39 is 0 Å². The van der Waals surface area contributed by atoms with Gasteiger partial charge in [0.05, 0.1) is 11.0 Å². The monoisotopic (exact) mass is 378 g/mol. The molecule has 0 fully saturated rings. The van der Waals surface area contributed by atoms with Gasteiger partial charge in [0, 0.05) is 6.54 Å². The predicted octanol–water partition coefficient (Wildman–Crippen LogP) is 7.32. The van der Waals surface area contributed by atoms with E-state index in [4.69, 9.17) is 9.72 Å². The molecule has 0 amide bonds. The second-order valence-electron chi connectivity index (χ2n) is 7.66. The molecular formula is C25H34N2O. The van der Waals surface area contributed by atoms with E-state index in [1.54, 1.807) is 0 Å². The lowest BCUT2D eigenvalue weighted by atomic mass is 10.1. The van der Waals surface area contributed by atoms with Crippen LogP contribution >= 0.6 is 0 Å². The van der Waals surface area contributed by atoms with Crippen LogP contribution < -0.4 is 4.74 Å². The fraction of sp³-hybridized carbons (Fsp3) is 0.480. The van der Waals surface area contributed by atoms with Crippen molar-refractivity contribution in [2.45, 2.75) is 77.9 Å². The summed E-state index contributed by atoms with van der Waals surface area (Å²) in [6.45, 7) is 5.38. The second kappa shape index (κ2) is 10.9. The second-order valence-corrected chi connectivity index (χ2v) is 7.66. The number of imidazole rings is 1. The molecule has 0 radical (unpaired) electrons. The Morgan fingerprint density at radius 1 is 0.821 bits per heavy atom. The van der Waals surface area contributed by atoms with Crippen LogP contribution in [0.15, 0.2) is 54.6 Å². The Morgan fingerprint density at radius 3 is 2.21 bits per heavy atom. The van der Waals surface area contributed by atoms with Gasteiger partial charge in [0.2, 0.25) is 0 Å². The molecule has 28 heavy (non-hydrogen) atoms. The molecule has 2 aromatic carbocycles. The van der Waals surface area contributed by atoms with E-state index in [0.717, 1.165) is 23.6 Å². The van der Waals surface area contributed by atoms with Gasteiger partial charge in [-0.05, 0) is 37.6 Å². The zero-order valence-corrected chi connectivity index (χ0v) is 17.4. The summed E-state index contributed by atoms with van der Waals surface area (Å²) >= 11 is 0. The van der Waals surface area contributed by atoms with Crippen LogP contribution in [0.5, 0.6) is 5.75 Å². The average molecular weight is 379 g/mol. The summed E-state index contributed by atoms with van der Waals surface area (Å²) in [4.78, 5) is 4.90. The van der Waals surface area contributed by atoms with Crippen molar-refractivity contribution in [2.24, 2.45) is 0 Å². The first-order chi connectivity index (χ1) is 13.8. The normalized spacial score (nSPS) is 12.4. The lowest BCUT2D eigenvalue weighted by molar-refractivity contribution is 0.211. The lowest BCUT2D eigenvalue weighted by Crippen LogP contribution is -2.12. The van der Waals surface area contributed by atoms with Crippen LogP contribution in [0, 0.1) is 0 Å². The van der Waals surface area contributed by atoms with E-state index in [0.29, 0.717) is 0 Å². The van der Waals surface area contributed by atoms with Gasteiger partial charge in [-0.15, -0.1) is 0 Å².